The highest BCUT2D eigenvalue weighted by Gasteiger charge is 2.38. The highest BCUT2D eigenvalue weighted by atomic mass is 19.1. The lowest BCUT2D eigenvalue weighted by molar-refractivity contribution is -0.118. The van der Waals surface area contributed by atoms with E-state index in [-0.39, 0.29) is 11.7 Å². The fourth-order valence-electron chi connectivity index (χ4n) is 3.26. The van der Waals surface area contributed by atoms with E-state index in [0.29, 0.717) is 28.3 Å². The summed E-state index contributed by atoms with van der Waals surface area (Å²) < 4.78 is 18.3. The standard InChI is InChI=1S/C23H17FN2O3/c1-29-18-12-10-17(11-13-18)26-22(27)20-5-3-2-4-19(20)21(23(26)28)14-25-16-8-6-15(24)7-9-16/h2-14,21H,1H3. The first kappa shape index (κ1) is 18.6. The van der Waals surface area contributed by atoms with Crippen LogP contribution in [0.3, 0.4) is 0 Å². The number of rotatable bonds is 4. The molecule has 1 heterocycles. The van der Waals surface area contributed by atoms with Gasteiger partial charge in [0.05, 0.1) is 18.5 Å². The van der Waals surface area contributed by atoms with Crippen LogP contribution >= 0.6 is 0 Å². The molecule has 0 radical (unpaired) electrons. The van der Waals surface area contributed by atoms with Crippen LogP contribution in [0.4, 0.5) is 15.8 Å². The summed E-state index contributed by atoms with van der Waals surface area (Å²) in [4.78, 5) is 31.8. The van der Waals surface area contributed by atoms with Gasteiger partial charge in [0.15, 0.2) is 0 Å². The predicted molar refractivity (Wildman–Crippen MR) is 109 cm³/mol. The largest absolute Gasteiger partial charge is 0.497 e. The molecule has 0 saturated carbocycles. The Bertz CT molecular complexity index is 1090. The van der Waals surface area contributed by atoms with Crippen LogP contribution in [-0.4, -0.2) is 25.1 Å². The van der Waals surface area contributed by atoms with E-state index in [2.05, 4.69) is 4.99 Å². The lowest BCUT2D eigenvalue weighted by Gasteiger charge is -2.31. The van der Waals surface area contributed by atoms with E-state index in [1.165, 1.54) is 30.5 Å². The number of fused-ring (bicyclic) bond motifs is 1. The normalized spacial score (nSPS) is 16.2. The second-order valence-corrected chi connectivity index (χ2v) is 6.50. The van der Waals surface area contributed by atoms with Crippen molar-refractivity contribution in [2.24, 2.45) is 4.99 Å². The van der Waals surface area contributed by atoms with Crippen molar-refractivity contribution in [3.63, 3.8) is 0 Å². The number of halogens is 1. The number of benzene rings is 3. The van der Waals surface area contributed by atoms with Crippen LogP contribution in [-0.2, 0) is 4.79 Å². The van der Waals surface area contributed by atoms with Crippen molar-refractivity contribution >= 4 is 29.4 Å². The van der Waals surface area contributed by atoms with Gasteiger partial charge in [-0.3, -0.25) is 14.6 Å². The fourth-order valence-corrected chi connectivity index (χ4v) is 3.26. The van der Waals surface area contributed by atoms with Crippen LogP contribution in [0.5, 0.6) is 5.75 Å². The SMILES string of the molecule is COc1ccc(N2C(=O)c3ccccc3C(C=Nc3ccc(F)cc3)C2=O)cc1. The Kier molecular flexibility index (Phi) is 4.91. The Balaban J connectivity index is 1.75. The number of amides is 2. The van der Waals surface area contributed by atoms with Gasteiger partial charge < -0.3 is 4.74 Å². The van der Waals surface area contributed by atoms with Crippen LogP contribution < -0.4 is 9.64 Å². The van der Waals surface area contributed by atoms with Crippen molar-refractivity contribution in [1.29, 1.82) is 0 Å². The molecule has 0 bridgehead atoms. The molecule has 0 fully saturated rings. The van der Waals surface area contributed by atoms with Gasteiger partial charge in [0.2, 0.25) is 5.91 Å². The third kappa shape index (κ3) is 3.52. The number of hydrogen-bond donors (Lipinski definition) is 0. The first-order valence-corrected chi connectivity index (χ1v) is 8.99. The number of anilines is 1. The molecule has 2 amide bonds. The van der Waals surface area contributed by atoms with Crippen LogP contribution in [0.25, 0.3) is 0 Å². The van der Waals surface area contributed by atoms with Gasteiger partial charge in [-0.2, -0.15) is 0 Å². The molecule has 3 aromatic carbocycles. The summed E-state index contributed by atoms with van der Waals surface area (Å²) in [5, 5.41) is 0. The third-order valence-electron chi connectivity index (χ3n) is 4.75. The maximum absolute atomic E-state index is 13.3. The van der Waals surface area contributed by atoms with Crippen molar-refractivity contribution in [2.45, 2.75) is 5.92 Å². The van der Waals surface area contributed by atoms with E-state index in [1.807, 2.05) is 0 Å². The molecule has 0 aromatic heterocycles. The topological polar surface area (TPSA) is 59.0 Å². The van der Waals surface area contributed by atoms with Crippen LogP contribution in [0.15, 0.2) is 77.8 Å². The number of ether oxygens (including phenoxy) is 1. The summed E-state index contributed by atoms with van der Waals surface area (Å²) in [5.74, 6) is -1.26. The zero-order valence-corrected chi connectivity index (χ0v) is 15.6. The second kappa shape index (κ2) is 7.67. The zero-order valence-electron chi connectivity index (χ0n) is 15.6. The van der Waals surface area contributed by atoms with Gasteiger partial charge in [0.1, 0.15) is 17.5 Å². The van der Waals surface area contributed by atoms with Gasteiger partial charge in [-0.25, -0.2) is 9.29 Å². The average molecular weight is 388 g/mol. The number of carbonyl (C=O) groups is 2. The lowest BCUT2D eigenvalue weighted by atomic mass is 9.89. The molecule has 29 heavy (non-hydrogen) atoms. The lowest BCUT2D eigenvalue weighted by Crippen LogP contribution is -2.45. The summed E-state index contributed by atoms with van der Waals surface area (Å²) in [6.45, 7) is 0. The van der Waals surface area contributed by atoms with Gasteiger partial charge in [-0.15, -0.1) is 0 Å². The van der Waals surface area contributed by atoms with Crippen molar-refractivity contribution < 1.29 is 18.7 Å². The van der Waals surface area contributed by atoms with E-state index in [4.69, 9.17) is 4.74 Å². The molecule has 1 atom stereocenters. The van der Waals surface area contributed by atoms with Crippen LogP contribution in [0.2, 0.25) is 0 Å². The first-order chi connectivity index (χ1) is 14.1. The minimum absolute atomic E-state index is 0.362. The maximum atomic E-state index is 13.3. The highest BCUT2D eigenvalue weighted by molar-refractivity contribution is 6.29. The van der Waals surface area contributed by atoms with Gasteiger partial charge >= 0.3 is 0 Å². The molecule has 0 saturated heterocycles. The fraction of sp³-hybridized carbons (Fsp3) is 0.0870. The minimum Gasteiger partial charge on any atom is -0.497 e. The molecule has 4 rings (SSSR count). The van der Waals surface area contributed by atoms with Crippen LogP contribution in [0.1, 0.15) is 21.8 Å². The summed E-state index contributed by atoms with van der Waals surface area (Å²) in [5.41, 5.74) is 2.01. The Morgan fingerprint density at radius 1 is 0.966 bits per heavy atom. The number of carbonyl (C=O) groups excluding carboxylic acids is 2. The molecule has 0 spiro atoms. The second-order valence-electron chi connectivity index (χ2n) is 6.50. The molecule has 1 aliphatic heterocycles. The van der Waals surface area contributed by atoms with Gasteiger partial charge in [-0.1, -0.05) is 18.2 Å². The molecule has 5 nitrogen and oxygen atoms in total. The van der Waals surface area contributed by atoms with E-state index < -0.39 is 11.8 Å². The van der Waals surface area contributed by atoms with Crippen molar-refractivity contribution in [2.75, 3.05) is 12.0 Å². The van der Waals surface area contributed by atoms with Crippen molar-refractivity contribution in [3.8, 4) is 5.75 Å². The maximum Gasteiger partial charge on any atom is 0.265 e. The summed E-state index contributed by atoms with van der Waals surface area (Å²) >= 11 is 0. The minimum atomic E-state index is -0.740. The third-order valence-corrected chi connectivity index (χ3v) is 4.75. The molecule has 6 heteroatoms. The quantitative estimate of drug-likeness (QED) is 0.488. The van der Waals surface area contributed by atoms with Crippen LogP contribution in [0, 0.1) is 5.82 Å². The van der Waals surface area contributed by atoms with Gasteiger partial charge in [-0.05, 0) is 60.2 Å². The predicted octanol–water partition coefficient (Wildman–Crippen LogP) is 4.51. The first-order valence-electron chi connectivity index (χ1n) is 8.99. The number of hydrogen-bond acceptors (Lipinski definition) is 4. The Morgan fingerprint density at radius 2 is 1.66 bits per heavy atom. The zero-order chi connectivity index (χ0) is 20.4. The van der Waals surface area contributed by atoms with E-state index in [9.17, 15) is 14.0 Å². The van der Waals surface area contributed by atoms with Gasteiger partial charge in [0.25, 0.3) is 5.91 Å². The van der Waals surface area contributed by atoms with E-state index in [1.54, 1.807) is 55.6 Å². The van der Waals surface area contributed by atoms with E-state index in [0.717, 1.165) is 4.90 Å². The number of aliphatic imine (C=N–C) groups is 1. The average Bonchev–Trinajstić information content (AvgIpc) is 2.75. The molecular formula is C23H17FN2O3. The molecule has 1 aliphatic rings. The number of methoxy groups -OCH3 is 1. The molecule has 3 aromatic rings. The number of nitrogens with zero attached hydrogens (tertiary/aromatic N) is 2. The molecule has 0 N–H and O–H groups in total. The smallest absolute Gasteiger partial charge is 0.265 e. The summed E-state index contributed by atoms with van der Waals surface area (Å²) in [6.07, 6.45) is 1.50. The van der Waals surface area contributed by atoms with Gasteiger partial charge in [0, 0.05) is 11.8 Å². The monoisotopic (exact) mass is 388 g/mol. The molecule has 1 unspecified atom stereocenters. The molecule has 0 aliphatic carbocycles. The highest BCUT2D eigenvalue weighted by Crippen LogP contribution is 2.33. The molecule has 144 valence electrons. The summed E-state index contributed by atoms with van der Waals surface area (Å²) in [6, 6.07) is 19.3. The van der Waals surface area contributed by atoms with E-state index >= 15 is 0 Å². The Morgan fingerprint density at radius 3 is 2.34 bits per heavy atom. The number of imide groups is 1. The Labute approximate surface area is 167 Å². The Hall–Kier alpha value is -3.80. The van der Waals surface area contributed by atoms with Crippen molar-refractivity contribution in [3.05, 3.63) is 89.7 Å². The van der Waals surface area contributed by atoms with Crippen molar-refractivity contribution in [1.82, 2.24) is 0 Å². The summed E-state index contributed by atoms with van der Waals surface area (Å²) in [7, 11) is 1.55. The molecular weight excluding hydrogens is 371 g/mol.